The minimum Gasteiger partial charge on any atom is -0.480 e. The summed E-state index contributed by atoms with van der Waals surface area (Å²) < 4.78 is 0. The smallest absolute Gasteiger partial charge is 0.326 e. The van der Waals surface area contributed by atoms with Crippen molar-refractivity contribution < 1.29 is 24.3 Å². The van der Waals surface area contributed by atoms with Gasteiger partial charge in [0.05, 0.1) is 6.04 Å². The Bertz CT molecular complexity index is 605. The van der Waals surface area contributed by atoms with Gasteiger partial charge in [0.1, 0.15) is 18.1 Å². The first-order valence-corrected chi connectivity index (χ1v) is 11.3. The molecule has 0 radical (unpaired) electrons. The summed E-state index contributed by atoms with van der Waals surface area (Å²) in [4.78, 5) is 49.4. The molecule has 11 heteroatoms. The van der Waals surface area contributed by atoms with Gasteiger partial charge in [0.25, 0.3) is 0 Å². The van der Waals surface area contributed by atoms with Crippen LogP contribution in [0, 0.1) is 11.8 Å². The van der Waals surface area contributed by atoms with Gasteiger partial charge in [0.15, 0.2) is 0 Å². The van der Waals surface area contributed by atoms with Gasteiger partial charge < -0.3 is 32.5 Å². The molecule has 0 aliphatic rings. The Hall–Kier alpha value is -1.85. The zero-order valence-electron chi connectivity index (χ0n) is 18.9. The molecule has 8 N–H and O–H groups in total. The topological polar surface area (TPSA) is 177 Å². The third-order valence-electron chi connectivity index (χ3n) is 5.14. The lowest BCUT2D eigenvalue weighted by Crippen LogP contribution is -2.59. The number of hydrogen-bond donors (Lipinski definition) is 7. The monoisotopic (exact) mass is 461 g/mol. The number of amides is 3. The fourth-order valence-electron chi connectivity index (χ4n) is 2.84. The van der Waals surface area contributed by atoms with Crippen LogP contribution >= 0.6 is 12.6 Å². The van der Waals surface area contributed by atoms with E-state index in [0.29, 0.717) is 32.2 Å². The van der Waals surface area contributed by atoms with Crippen molar-refractivity contribution >= 4 is 36.3 Å². The van der Waals surface area contributed by atoms with Gasteiger partial charge >= 0.3 is 5.97 Å². The summed E-state index contributed by atoms with van der Waals surface area (Å²) in [5.74, 6) is -3.26. The molecule has 0 aromatic heterocycles. The Morgan fingerprint density at radius 2 is 1.52 bits per heavy atom. The zero-order chi connectivity index (χ0) is 24.1. The second kappa shape index (κ2) is 15.0. The SMILES string of the molecule is CCC(C)C(NC(=O)C(NC(=O)C(CCCCN)NC(=O)C(N)CS)C(C)C)C(=O)O. The third-order valence-corrected chi connectivity index (χ3v) is 5.53. The van der Waals surface area contributed by atoms with Crippen LogP contribution in [0.2, 0.25) is 0 Å². The largest absolute Gasteiger partial charge is 0.480 e. The summed E-state index contributed by atoms with van der Waals surface area (Å²) in [6.07, 6.45) is 2.15. The summed E-state index contributed by atoms with van der Waals surface area (Å²) in [7, 11) is 0. The van der Waals surface area contributed by atoms with E-state index in [4.69, 9.17) is 11.5 Å². The number of thiol groups is 1. The highest BCUT2D eigenvalue weighted by atomic mass is 32.1. The third kappa shape index (κ3) is 10.3. The molecule has 3 amide bonds. The van der Waals surface area contributed by atoms with Crippen molar-refractivity contribution in [2.75, 3.05) is 12.3 Å². The number of carboxylic acids is 1. The molecule has 0 aliphatic carbocycles. The van der Waals surface area contributed by atoms with Crippen LogP contribution in [0.3, 0.4) is 0 Å². The van der Waals surface area contributed by atoms with Gasteiger partial charge in [-0.2, -0.15) is 12.6 Å². The van der Waals surface area contributed by atoms with E-state index < -0.39 is 47.9 Å². The fourth-order valence-corrected chi connectivity index (χ4v) is 3.00. The molecule has 0 fully saturated rings. The Labute approximate surface area is 190 Å². The van der Waals surface area contributed by atoms with Crippen LogP contribution in [0.15, 0.2) is 0 Å². The average Bonchev–Trinajstić information content (AvgIpc) is 2.72. The number of hydrogen-bond acceptors (Lipinski definition) is 7. The van der Waals surface area contributed by atoms with Gasteiger partial charge in [0, 0.05) is 5.75 Å². The van der Waals surface area contributed by atoms with Gasteiger partial charge in [-0.3, -0.25) is 14.4 Å². The summed E-state index contributed by atoms with van der Waals surface area (Å²) in [5.41, 5.74) is 11.2. The van der Waals surface area contributed by atoms with Crippen LogP contribution in [0.4, 0.5) is 0 Å². The lowest BCUT2D eigenvalue weighted by molar-refractivity contribution is -0.144. The van der Waals surface area contributed by atoms with Gasteiger partial charge in [-0.25, -0.2) is 4.79 Å². The maximum absolute atomic E-state index is 12.9. The summed E-state index contributed by atoms with van der Waals surface area (Å²) in [5, 5.41) is 17.2. The second-order valence-corrected chi connectivity index (χ2v) is 8.44. The van der Waals surface area contributed by atoms with Crippen molar-refractivity contribution in [3.63, 3.8) is 0 Å². The molecular formula is C20H39N5O5S. The highest BCUT2D eigenvalue weighted by Crippen LogP contribution is 2.11. The minimum atomic E-state index is -1.14. The van der Waals surface area contributed by atoms with E-state index in [9.17, 15) is 24.3 Å². The first kappa shape index (κ1) is 29.1. The van der Waals surface area contributed by atoms with Crippen LogP contribution in [0.5, 0.6) is 0 Å². The number of nitrogens with one attached hydrogen (secondary N) is 3. The molecule has 0 rings (SSSR count). The minimum absolute atomic E-state index is 0.117. The van der Waals surface area contributed by atoms with Gasteiger partial charge in [-0.1, -0.05) is 34.1 Å². The van der Waals surface area contributed by atoms with E-state index in [1.807, 2.05) is 6.92 Å². The molecule has 0 aromatic carbocycles. The van der Waals surface area contributed by atoms with Crippen molar-refractivity contribution in [1.29, 1.82) is 0 Å². The van der Waals surface area contributed by atoms with E-state index >= 15 is 0 Å². The fraction of sp³-hybridized carbons (Fsp3) is 0.800. The van der Waals surface area contributed by atoms with Gasteiger partial charge in [0.2, 0.25) is 17.7 Å². The van der Waals surface area contributed by atoms with Crippen molar-refractivity contribution in [3.05, 3.63) is 0 Å². The average molecular weight is 462 g/mol. The van der Waals surface area contributed by atoms with Crippen LogP contribution in [0.25, 0.3) is 0 Å². The number of carboxylic acid groups (broad SMARTS) is 1. The predicted octanol–water partition coefficient (Wildman–Crippen LogP) is -0.386. The molecule has 10 nitrogen and oxygen atoms in total. The predicted molar refractivity (Wildman–Crippen MR) is 122 cm³/mol. The Morgan fingerprint density at radius 1 is 0.935 bits per heavy atom. The van der Waals surface area contributed by atoms with Crippen molar-refractivity contribution in [1.82, 2.24) is 16.0 Å². The summed E-state index contributed by atoms with van der Waals surface area (Å²) in [6, 6.07) is -3.80. The lowest BCUT2D eigenvalue weighted by Gasteiger charge is -2.28. The van der Waals surface area contributed by atoms with Crippen LogP contribution in [-0.2, 0) is 19.2 Å². The number of carbonyl (C=O) groups is 4. The van der Waals surface area contributed by atoms with E-state index in [0.717, 1.165) is 0 Å². The summed E-state index contributed by atoms with van der Waals surface area (Å²) in [6.45, 7) is 7.49. The van der Waals surface area contributed by atoms with Crippen molar-refractivity contribution in [2.45, 2.75) is 77.5 Å². The zero-order valence-corrected chi connectivity index (χ0v) is 19.8. The number of nitrogens with two attached hydrogens (primary N) is 2. The Morgan fingerprint density at radius 3 is 1.97 bits per heavy atom. The first-order chi connectivity index (χ1) is 14.5. The molecule has 0 bridgehead atoms. The normalized spacial score (nSPS) is 16.0. The van der Waals surface area contributed by atoms with E-state index in [2.05, 4.69) is 28.6 Å². The molecule has 0 aromatic rings. The van der Waals surface area contributed by atoms with Crippen LogP contribution in [-0.4, -0.2) is 65.3 Å². The molecule has 5 atom stereocenters. The molecule has 0 aliphatic heterocycles. The van der Waals surface area contributed by atoms with Crippen molar-refractivity contribution in [2.24, 2.45) is 23.3 Å². The second-order valence-electron chi connectivity index (χ2n) is 8.08. The van der Waals surface area contributed by atoms with Gasteiger partial charge in [-0.05, 0) is 37.6 Å². The highest BCUT2D eigenvalue weighted by Gasteiger charge is 2.33. The maximum Gasteiger partial charge on any atom is 0.326 e. The van der Waals surface area contributed by atoms with E-state index in [1.54, 1.807) is 20.8 Å². The number of unbranched alkanes of at least 4 members (excludes halogenated alkanes) is 1. The molecule has 0 saturated heterocycles. The number of carbonyl (C=O) groups excluding carboxylic acids is 3. The first-order valence-electron chi connectivity index (χ1n) is 10.7. The maximum atomic E-state index is 12.9. The quantitative estimate of drug-likeness (QED) is 0.128. The van der Waals surface area contributed by atoms with E-state index in [-0.39, 0.29) is 17.6 Å². The van der Waals surface area contributed by atoms with Crippen LogP contribution < -0.4 is 27.4 Å². The molecule has 180 valence electrons. The molecule has 5 unspecified atom stereocenters. The van der Waals surface area contributed by atoms with Crippen LogP contribution in [0.1, 0.15) is 53.4 Å². The molecule has 0 spiro atoms. The van der Waals surface area contributed by atoms with Gasteiger partial charge in [-0.15, -0.1) is 0 Å². The van der Waals surface area contributed by atoms with E-state index in [1.165, 1.54) is 0 Å². The molecule has 0 saturated carbocycles. The summed E-state index contributed by atoms with van der Waals surface area (Å²) >= 11 is 3.99. The lowest BCUT2D eigenvalue weighted by atomic mass is 9.97. The highest BCUT2D eigenvalue weighted by molar-refractivity contribution is 7.80. The number of rotatable bonds is 15. The number of aliphatic carboxylic acids is 1. The molecular weight excluding hydrogens is 422 g/mol. The molecule has 31 heavy (non-hydrogen) atoms. The standard InChI is InChI=1S/C20H39N5O5S/c1-5-12(4)16(20(29)30)25-19(28)15(11(2)3)24-18(27)14(8-6-7-9-21)23-17(26)13(22)10-31/h11-16,31H,5-10,21-22H2,1-4H3,(H,23,26)(H,24,27)(H,25,28)(H,29,30). The Kier molecular flexibility index (Phi) is 14.1. The molecule has 0 heterocycles. The van der Waals surface area contributed by atoms with Crippen molar-refractivity contribution in [3.8, 4) is 0 Å². The Balaban J connectivity index is 5.40.